The van der Waals surface area contributed by atoms with Crippen molar-refractivity contribution >= 4 is 5.97 Å². The summed E-state index contributed by atoms with van der Waals surface area (Å²) in [5.41, 5.74) is 2.36. The molecule has 1 aliphatic rings. The molecule has 1 fully saturated rings. The summed E-state index contributed by atoms with van der Waals surface area (Å²) in [7, 11) is 0. The highest BCUT2D eigenvalue weighted by Gasteiger charge is 2.46. The van der Waals surface area contributed by atoms with Crippen LogP contribution < -0.4 is 0 Å². The fraction of sp³-hybridized carbons (Fsp3) is 0.667. The number of rotatable bonds is 7. The summed E-state index contributed by atoms with van der Waals surface area (Å²) in [6.07, 6.45) is 7.77. The van der Waals surface area contributed by atoms with Crippen LogP contribution in [0.15, 0.2) is 23.3 Å². The number of hydrogen-bond acceptors (Lipinski definition) is 2. The van der Waals surface area contributed by atoms with Gasteiger partial charge in [0.1, 0.15) is 0 Å². The number of epoxide rings is 1. The van der Waals surface area contributed by atoms with E-state index >= 15 is 0 Å². The second kappa shape index (κ2) is 6.19. The fourth-order valence-corrected chi connectivity index (χ4v) is 2.03. The lowest BCUT2D eigenvalue weighted by atomic mass is 10.0. The summed E-state index contributed by atoms with van der Waals surface area (Å²) in [6, 6.07) is 0. The minimum Gasteiger partial charge on any atom is -0.478 e. The van der Waals surface area contributed by atoms with Crippen molar-refractivity contribution in [1.29, 1.82) is 0 Å². The third-order valence-corrected chi connectivity index (χ3v) is 3.37. The van der Waals surface area contributed by atoms with Gasteiger partial charge in [0, 0.05) is 6.08 Å². The number of allylic oxidation sites excluding steroid dienone is 3. The molecule has 3 heteroatoms. The van der Waals surface area contributed by atoms with Crippen LogP contribution in [0.25, 0.3) is 0 Å². The number of carboxylic acids is 1. The van der Waals surface area contributed by atoms with Crippen LogP contribution >= 0.6 is 0 Å². The van der Waals surface area contributed by atoms with Crippen molar-refractivity contribution in [3.05, 3.63) is 23.3 Å². The van der Waals surface area contributed by atoms with Gasteiger partial charge in [-0.05, 0) is 53.4 Å². The van der Waals surface area contributed by atoms with Crippen LogP contribution in [0.1, 0.15) is 53.4 Å². The molecule has 18 heavy (non-hydrogen) atoms. The van der Waals surface area contributed by atoms with E-state index in [0.29, 0.717) is 6.10 Å². The summed E-state index contributed by atoms with van der Waals surface area (Å²) in [5.74, 6) is -0.860. The average Bonchev–Trinajstić information content (AvgIpc) is 2.82. The molecule has 1 atom stereocenters. The molecule has 1 heterocycles. The zero-order valence-electron chi connectivity index (χ0n) is 11.8. The van der Waals surface area contributed by atoms with Crippen molar-refractivity contribution in [3.8, 4) is 0 Å². The Kier molecular flexibility index (Phi) is 5.15. The van der Waals surface area contributed by atoms with Crippen LogP contribution in [0.2, 0.25) is 0 Å². The first-order valence-electron chi connectivity index (χ1n) is 6.55. The van der Waals surface area contributed by atoms with E-state index in [-0.39, 0.29) is 5.60 Å². The van der Waals surface area contributed by atoms with Gasteiger partial charge in [0.2, 0.25) is 0 Å². The molecule has 3 nitrogen and oxygen atoms in total. The Bertz CT molecular complexity index is 364. The van der Waals surface area contributed by atoms with Crippen molar-refractivity contribution in [2.75, 3.05) is 0 Å². The van der Waals surface area contributed by atoms with Crippen LogP contribution in [0.4, 0.5) is 0 Å². The van der Waals surface area contributed by atoms with Crippen LogP contribution in [0.3, 0.4) is 0 Å². The zero-order valence-corrected chi connectivity index (χ0v) is 11.8. The number of hydrogen-bond donors (Lipinski definition) is 1. The summed E-state index contributed by atoms with van der Waals surface area (Å²) >= 11 is 0. The monoisotopic (exact) mass is 252 g/mol. The standard InChI is InChI=1S/C15H24O3/c1-11(8-9-13-15(3,4)18-13)6-5-7-12(2)10-14(16)17/h6,10,13H,5,7-9H2,1-4H3,(H,16,17)/b11-6+,12-10+/t13-/m1/s1. The molecule has 0 bridgehead atoms. The quantitative estimate of drug-likeness (QED) is 0.427. The van der Waals surface area contributed by atoms with Gasteiger partial charge in [-0.2, -0.15) is 0 Å². The molecule has 1 rings (SSSR count). The Balaban J connectivity index is 2.20. The first kappa shape index (κ1) is 15.0. The highest BCUT2D eigenvalue weighted by Crippen LogP contribution is 2.38. The third kappa shape index (κ3) is 5.50. The van der Waals surface area contributed by atoms with E-state index < -0.39 is 5.97 Å². The van der Waals surface area contributed by atoms with Gasteiger partial charge in [-0.25, -0.2) is 4.79 Å². The SMILES string of the molecule is C/C(=C\C(=O)O)CC/C=C(\C)CC[C@H]1OC1(C)C. The fourth-order valence-electron chi connectivity index (χ4n) is 2.03. The molecule has 1 saturated heterocycles. The van der Waals surface area contributed by atoms with Crippen LogP contribution in [0, 0.1) is 0 Å². The molecule has 0 spiro atoms. The van der Waals surface area contributed by atoms with Crippen molar-refractivity contribution in [2.24, 2.45) is 0 Å². The molecule has 0 unspecified atom stereocenters. The van der Waals surface area contributed by atoms with Crippen LogP contribution in [-0.2, 0) is 9.53 Å². The van der Waals surface area contributed by atoms with Crippen molar-refractivity contribution in [3.63, 3.8) is 0 Å². The zero-order chi connectivity index (χ0) is 13.8. The Morgan fingerprint density at radius 1 is 1.28 bits per heavy atom. The van der Waals surface area contributed by atoms with Gasteiger partial charge in [-0.1, -0.05) is 17.2 Å². The maximum Gasteiger partial charge on any atom is 0.328 e. The Hall–Kier alpha value is -1.09. The first-order valence-corrected chi connectivity index (χ1v) is 6.55. The highest BCUT2D eigenvalue weighted by molar-refractivity contribution is 5.80. The normalized spacial score (nSPS) is 23.0. The lowest BCUT2D eigenvalue weighted by molar-refractivity contribution is -0.131. The van der Waals surface area contributed by atoms with E-state index in [9.17, 15) is 4.79 Å². The third-order valence-electron chi connectivity index (χ3n) is 3.37. The lowest BCUT2D eigenvalue weighted by Gasteiger charge is -2.01. The van der Waals surface area contributed by atoms with Crippen molar-refractivity contribution in [2.45, 2.75) is 65.1 Å². The second-order valence-electron chi connectivity index (χ2n) is 5.67. The van der Waals surface area contributed by atoms with Gasteiger partial charge in [0.05, 0.1) is 11.7 Å². The summed E-state index contributed by atoms with van der Waals surface area (Å²) in [5, 5.41) is 8.59. The Morgan fingerprint density at radius 2 is 1.89 bits per heavy atom. The molecule has 0 radical (unpaired) electrons. The largest absolute Gasteiger partial charge is 0.478 e. The van der Waals surface area contributed by atoms with Gasteiger partial charge >= 0.3 is 5.97 Å². The van der Waals surface area contributed by atoms with Gasteiger partial charge in [-0.15, -0.1) is 0 Å². The smallest absolute Gasteiger partial charge is 0.328 e. The molecule has 1 N–H and O–H groups in total. The number of aliphatic carboxylic acids is 1. The van der Waals surface area contributed by atoms with Crippen molar-refractivity contribution in [1.82, 2.24) is 0 Å². The van der Waals surface area contributed by atoms with Gasteiger partial charge in [0.25, 0.3) is 0 Å². The Morgan fingerprint density at radius 3 is 2.39 bits per heavy atom. The minimum absolute atomic E-state index is 0.0844. The topological polar surface area (TPSA) is 49.8 Å². The predicted molar refractivity (Wildman–Crippen MR) is 72.6 cm³/mol. The second-order valence-corrected chi connectivity index (χ2v) is 5.67. The predicted octanol–water partition coefficient (Wildman–Crippen LogP) is 3.70. The van der Waals surface area contributed by atoms with E-state index in [0.717, 1.165) is 31.3 Å². The summed E-state index contributed by atoms with van der Waals surface area (Å²) in [6.45, 7) is 8.23. The first-order chi connectivity index (χ1) is 8.31. The van der Waals surface area contributed by atoms with E-state index in [1.54, 1.807) is 0 Å². The molecule has 102 valence electrons. The molecular weight excluding hydrogens is 228 g/mol. The molecule has 0 aromatic heterocycles. The highest BCUT2D eigenvalue weighted by atomic mass is 16.6. The van der Waals surface area contributed by atoms with Gasteiger partial charge in [-0.3, -0.25) is 0 Å². The summed E-state index contributed by atoms with van der Waals surface area (Å²) in [4.78, 5) is 10.4. The Labute approximate surface area is 110 Å². The number of ether oxygens (including phenoxy) is 1. The van der Waals surface area contributed by atoms with E-state index in [2.05, 4.69) is 26.8 Å². The molecule has 0 aromatic rings. The molecule has 0 aromatic carbocycles. The van der Waals surface area contributed by atoms with E-state index in [4.69, 9.17) is 9.84 Å². The molecular formula is C15H24O3. The number of carbonyl (C=O) groups is 1. The maximum atomic E-state index is 10.4. The summed E-state index contributed by atoms with van der Waals surface area (Å²) < 4.78 is 5.54. The van der Waals surface area contributed by atoms with Gasteiger partial charge in [0.15, 0.2) is 0 Å². The van der Waals surface area contributed by atoms with Crippen molar-refractivity contribution < 1.29 is 14.6 Å². The maximum absolute atomic E-state index is 10.4. The van der Waals surface area contributed by atoms with Crippen LogP contribution in [0.5, 0.6) is 0 Å². The molecule has 0 aliphatic carbocycles. The molecule has 1 aliphatic heterocycles. The van der Waals surface area contributed by atoms with Gasteiger partial charge < -0.3 is 9.84 Å². The average molecular weight is 252 g/mol. The van der Waals surface area contributed by atoms with Crippen LogP contribution in [-0.4, -0.2) is 22.8 Å². The molecule has 0 amide bonds. The van der Waals surface area contributed by atoms with E-state index in [1.165, 1.54) is 11.6 Å². The number of carboxylic acid groups (broad SMARTS) is 1. The minimum atomic E-state index is -0.860. The van der Waals surface area contributed by atoms with E-state index in [1.807, 2.05) is 6.92 Å². The lowest BCUT2D eigenvalue weighted by Crippen LogP contribution is -2.02. The molecule has 0 saturated carbocycles.